The summed E-state index contributed by atoms with van der Waals surface area (Å²) in [5.74, 6) is 0.849. The molecule has 0 spiro atoms. The minimum absolute atomic E-state index is 0.343. The molecule has 3 aromatic heterocycles. The molecule has 0 bridgehead atoms. The van der Waals surface area contributed by atoms with Crippen LogP contribution in [-0.2, 0) is 23.0 Å². The summed E-state index contributed by atoms with van der Waals surface area (Å²) < 4.78 is 29.7. The van der Waals surface area contributed by atoms with Gasteiger partial charge in [-0.2, -0.15) is 4.31 Å². The molecular formula is C20H18N4O2S2. The van der Waals surface area contributed by atoms with Crippen molar-refractivity contribution in [2.24, 2.45) is 0 Å². The molecule has 0 atom stereocenters. The topological polar surface area (TPSA) is 68.1 Å². The molecular weight excluding hydrogens is 392 g/mol. The van der Waals surface area contributed by atoms with Gasteiger partial charge in [0, 0.05) is 30.4 Å². The van der Waals surface area contributed by atoms with Crippen molar-refractivity contribution in [2.45, 2.75) is 24.8 Å². The number of nitrogens with zero attached hydrogens (tertiary/aromatic N) is 4. The Kier molecular flexibility index (Phi) is 4.08. The Balaban J connectivity index is 1.56. The molecule has 8 heteroatoms. The van der Waals surface area contributed by atoms with Gasteiger partial charge in [-0.25, -0.2) is 18.4 Å². The van der Waals surface area contributed by atoms with E-state index in [1.165, 1.54) is 5.56 Å². The fourth-order valence-corrected chi connectivity index (χ4v) is 6.31. The standard InChI is InChI=1S/C20H18N4O2S2/c1-14-4-6-15(7-5-14)28(25,26)24-11-8-16-17(12-24)27-20-18(16)19(21-13-22-20)23-9-2-3-10-23/h2-7,9-10,13H,8,11-12H2,1H3. The second-order valence-electron chi connectivity index (χ2n) is 6.87. The van der Waals surface area contributed by atoms with Crippen molar-refractivity contribution in [3.8, 4) is 5.82 Å². The first-order valence-electron chi connectivity index (χ1n) is 8.99. The number of rotatable bonds is 3. The first-order chi connectivity index (χ1) is 13.5. The molecule has 0 amide bonds. The van der Waals surface area contributed by atoms with Crippen LogP contribution in [0.4, 0.5) is 0 Å². The molecule has 0 saturated heterocycles. The van der Waals surface area contributed by atoms with Crippen LogP contribution in [0.5, 0.6) is 0 Å². The van der Waals surface area contributed by atoms with E-state index < -0.39 is 10.0 Å². The van der Waals surface area contributed by atoms with Gasteiger partial charge in [0.15, 0.2) is 0 Å². The predicted octanol–water partition coefficient (Wildman–Crippen LogP) is 3.54. The van der Waals surface area contributed by atoms with E-state index >= 15 is 0 Å². The lowest BCUT2D eigenvalue weighted by atomic mass is 10.1. The second kappa shape index (κ2) is 6.51. The normalized spacial score (nSPS) is 15.0. The van der Waals surface area contributed by atoms with Crippen LogP contribution < -0.4 is 0 Å². The zero-order chi connectivity index (χ0) is 19.3. The number of thiophene rings is 1. The minimum Gasteiger partial charge on any atom is -0.308 e. The highest BCUT2D eigenvalue weighted by Crippen LogP contribution is 2.37. The first kappa shape index (κ1) is 17.5. The summed E-state index contributed by atoms with van der Waals surface area (Å²) in [4.78, 5) is 11.2. The van der Waals surface area contributed by atoms with Crippen molar-refractivity contribution in [1.82, 2.24) is 18.8 Å². The summed E-state index contributed by atoms with van der Waals surface area (Å²) >= 11 is 1.56. The van der Waals surface area contributed by atoms with Crippen molar-refractivity contribution in [1.29, 1.82) is 0 Å². The van der Waals surface area contributed by atoms with Crippen molar-refractivity contribution in [3.05, 3.63) is 71.1 Å². The van der Waals surface area contributed by atoms with Gasteiger partial charge in [0.2, 0.25) is 10.0 Å². The third-order valence-electron chi connectivity index (χ3n) is 5.09. The summed E-state index contributed by atoms with van der Waals surface area (Å²) in [5.41, 5.74) is 2.21. The molecule has 1 aliphatic heterocycles. The maximum atomic E-state index is 13.1. The van der Waals surface area contributed by atoms with Gasteiger partial charge in [0.1, 0.15) is 17.0 Å². The molecule has 0 unspecified atom stereocenters. The Morgan fingerprint density at radius 2 is 1.82 bits per heavy atom. The largest absolute Gasteiger partial charge is 0.308 e. The van der Waals surface area contributed by atoms with Crippen LogP contribution in [0.15, 0.2) is 60.0 Å². The highest BCUT2D eigenvalue weighted by Gasteiger charge is 2.31. The molecule has 0 N–H and O–H groups in total. The van der Waals surface area contributed by atoms with E-state index in [4.69, 9.17) is 0 Å². The molecule has 28 heavy (non-hydrogen) atoms. The molecule has 5 rings (SSSR count). The van der Waals surface area contributed by atoms with Gasteiger partial charge in [-0.05, 0) is 43.2 Å². The number of aromatic nitrogens is 3. The fourth-order valence-electron chi connectivity index (χ4n) is 3.62. The predicted molar refractivity (Wildman–Crippen MR) is 109 cm³/mol. The Hall–Kier alpha value is -2.55. The van der Waals surface area contributed by atoms with Crippen LogP contribution in [-0.4, -0.2) is 33.8 Å². The average molecular weight is 411 g/mol. The van der Waals surface area contributed by atoms with E-state index in [-0.39, 0.29) is 0 Å². The van der Waals surface area contributed by atoms with Crippen molar-refractivity contribution < 1.29 is 8.42 Å². The lowest BCUT2D eigenvalue weighted by molar-refractivity contribution is 0.396. The molecule has 1 aromatic carbocycles. The molecule has 0 saturated carbocycles. The Morgan fingerprint density at radius 3 is 2.57 bits per heavy atom. The van der Waals surface area contributed by atoms with E-state index in [1.807, 2.05) is 48.1 Å². The molecule has 0 radical (unpaired) electrons. The van der Waals surface area contributed by atoms with Crippen LogP contribution in [0, 0.1) is 6.92 Å². The molecule has 4 aromatic rings. The van der Waals surface area contributed by atoms with Gasteiger partial charge >= 0.3 is 0 Å². The highest BCUT2D eigenvalue weighted by atomic mass is 32.2. The van der Waals surface area contributed by atoms with Crippen LogP contribution in [0.1, 0.15) is 16.0 Å². The number of sulfonamides is 1. The Labute approximate surface area is 167 Å². The van der Waals surface area contributed by atoms with Crippen LogP contribution >= 0.6 is 11.3 Å². The van der Waals surface area contributed by atoms with Gasteiger partial charge in [-0.1, -0.05) is 17.7 Å². The summed E-state index contributed by atoms with van der Waals surface area (Å²) in [6.45, 7) is 2.77. The second-order valence-corrected chi connectivity index (χ2v) is 9.89. The summed E-state index contributed by atoms with van der Waals surface area (Å²) in [6, 6.07) is 11.0. The van der Waals surface area contributed by atoms with Crippen molar-refractivity contribution in [3.63, 3.8) is 0 Å². The third-order valence-corrected chi connectivity index (χ3v) is 8.07. The lowest BCUT2D eigenvalue weighted by Crippen LogP contribution is -2.35. The molecule has 142 valence electrons. The van der Waals surface area contributed by atoms with Crippen molar-refractivity contribution >= 4 is 31.6 Å². The SMILES string of the molecule is Cc1ccc(S(=O)(=O)N2CCc3c(sc4ncnc(-n5cccc5)c34)C2)cc1. The molecule has 1 aliphatic rings. The number of hydrogen-bond donors (Lipinski definition) is 0. The quantitative estimate of drug-likeness (QED) is 0.518. The van der Waals surface area contributed by atoms with Gasteiger partial charge in [0.25, 0.3) is 0 Å². The average Bonchev–Trinajstić information content (AvgIpc) is 3.35. The summed E-state index contributed by atoms with van der Waals surface area (Å²) in [5, 5.41) is 1.03. The van der Waals surface area contributed by atoms with Crippen LogP contribution in [0.3, 0.4) is 0 Å². The summed E-state index contributed by atoms with van der Waals surface area (Å²) in [6.07, 6.45) is 6.15. The summed E-state index contributed by atoms with van der Waals surface area (Å²) in [7, 11) is -3.51. The Bertz CT molecular complexity index is 1260. The zero-order valence-electron chi connectivity index (χ0n) is 15.2. The monoisotopic (exact) mass is 410 g/mol. The van der Waals surface area contributed by atoms with Gasteiger partial charge < -0.3 is 4.57 Å². The van der Waals surface area contributed by atoms with Crippen molar-refractivity contribution in [2.75, 3.05) is 6.54 Å². The number of aryl methyl sites for hydroxylation is 1. The van der Waals surface area contributed by atoms with E-state index in [0.29, 0.717) is 24.4 Å². The molecule has 0 fully saturated rings. The number of fused-ring (bicyclic) bond motifs is 3. The highest BCUT2D eigenvalue weighted by molar-refractivity contribution is 7.89. The first-order valence-corrected chi connectivity index (χ1v) is 11.2. The van der Waals surface area contributed by atoms with E-state index in [1.54, 1.807) is 34.1 Å². The van der Waals surface area contributed by atoms with Gasteiger partial charge in [0.05, 0.1) is 10.3 Å². The Morgan fingerprint density at radius 1 is 1.07 bits per heavy atom. The maximum Gasteiger partial charge on any atom is 0.243 e. The van der Waals surface area contributed by atoms with Gasteiger partial charge in [-0.15, -0.1) is 11.3 Å². The van der Waals surface area contributed by atoms with Gasteiger partial charge in [-0.3, -0.25) is 0 Å². The minimum atomic E-state index is -3.51. The number of hydrogen-bond acceptors (Lipinski definition) is 5. The molecule has 4 heterocycles. The fraction of sp³-hybridized carbons (Fsp3) is 0.200. The third kappa shape index (κ3) is 2.76. The van der Waals surface area contributed by atoms with Crippen LogP contribution in [0.25, 0.3) is 16.0 Å². The lowest BCUT2D eigenvalue weighted by Gasteiger charge is -2.26. The van der Waals surface area contributed by atoms with E-state index in [9.17, 15) is 8.42 Å². The molecule has 6 nitrogen and oxygen atoms in total. The van der Waals surface area contributed by atoms with E-state index in [0.717, 1.165) is 26.5 Å². The van der Waals surface area contributed by atoms with E-state index in [2.05, 4.69) is 9.97 Å². The number of benzene rings is 1. The maximum absolute atomic E-state index is 13.1. The molecule has 0 aliphatic carbocycles. The zero-order valence-corrected chi connectivity index (χ0v) is 16.9. The van der Waals surface area contributed by atoms with Crippen LogP contribution in [0.2, 0.25) is 0 Å². The smallest absolute Gasteiger partial charge is 0.243 e.